The molecule has 1 heterocycles. The molecule has 3 N–H and O–H groups in total. The van der Waals surface area contributed by atoms with Crippen LogP contribution in [0.5, 0.6) is 0 Å². The number of urea groups is 1. The summed E-state index contributed by atoms with van der Waals surface area (Å²) in [4.78, 5) is 28.5. The molecule has 0 bridgehead atoms. The molecule has 0 aliphatic heterocycles. The Morgan fingerprint density at radius 1 is 0.846 bits per heavy atom. The summed E-state index contributed by atoms with van der Waals surface area (Å²) in [5.41, 5.74) is 2.44. The quantitative estimate of drug-likeness (QED) is 0.672. The van der Waals surface area contributed by atoms with Crippen molar-refractivity contribution in [3.05, 3.63) is 66.4 Å². The van der Waals surface area contributed by atoms with Gasteiger partial charge in [-0.2, -0.15) is 0 Å². The molecular formula is C20H18N4O2. The van der Waals surface area contributed by atoms with E-state index in [0.717, 1.165) is 23.7 Å². The molecule has 0 radical (unpaired) electrons. The number of carbonyl (C=O) groups excluding carboxylic acids is 2. The SMILES string of the molecule is O=C(Nc1ccc(NC(=O)c2ccc3ccccc3n2)cc1)NC1CC1. The van der Waals surface area contributed by atoms with E-state index < -0.39 is 0 Å². The highest BCUT2D eigenvalue weighted by Gasteiger charge is 2.23. The van der Waals surface area contributed by atoms with E-state index in [-0.39, 0.29) is 11.9 Å². The molecule has 0 unspecified atom stereocenters. The molecule has 26 heavy (non-hydrogen) atoms. The lowest BCUT2D eigenvalue weighted by Crippen LogP contribution is -2.30. The molecule has 1 aliphatic carbocycles. The van der Waals surface area contributed by atoms with Crippen molar-refractivity contribution in [2.75, 3.05) is 10.6 Å². The topological polar surface area (TPSA) is 83.1 Å². The molecule has 130 valence electrons. The molecule has 3 amide bonds. The van der Waals surface area contributed by atoms with E-state index in [1.54, 1.807) is 30.3 Å². The van der Waals surface area contributed by atoms with Crippen LogP contribution in [0.2, 0.25) is 0 Å². The number of benzene rings is 2. The smallest absolute Gasteiger partial charge is 0.319 e. The summed E-state index contributed by atoms with van der Waals surface area (Å²) < 4.78 is 0. The Hall–Kier alpha value is -3.41. The highest BCUT2D eigenvalue weighted by Crippen LogP contribution is 2.19. The second kappa shape index (κ2) is 6.84. The number of carbonyl (C=O) groups is 2. The Morgan fingerprint density at radius 2 is 1.54 bits per heavy atom. The van der Waals surface area contributed by atoms with Gasteiger partial charge in [0, 0.05) is 22.8 Å². The largest absolute Gasteiger partial charge is 0.335 e. The summed E-state index contributed by atoms with van der Waals surface area (Å²) in [6, 6.07) is 18.3. The van der Waals surface area contributed by atoms with Crippen molar-refractivity contribution in [3.8, 4) is 0 Å². The average Bonchev–Trinajstić information content (AvgIpc) is 3.46. The molecular weight excluding hydrogens is 328 g/mol. The van der Waals surface area contributed by atoms with Crippen LogP contribution >= 0.6 is 0 Å². The number of amides is 3. The van der Waals surface area contributed by atoms with Crippen LogP contribution in [0.15, 0.2) is 60.7 Å². The summed E-state index contributed by atoms with van der Waals surface area (Å²) in [5, 5.41) is 9.43. The van der Waals surface area contributed by atoms with Gasteiger partial charge in [-0.1, -0.05) is 24.3 Å². The number of aromatic nitrogens is 1. The van der Waals surface area contributed by atoms with Crippen LogP contribution in [-0.2, 0) is 0 Å². The summed E-state index contributed by atoms with van der Waals surface area (Å²) in [6.45, 7) is 0. The minimum absolute atomic E-state index is 0.204. The van der Waals surface area contributed by atoms with E-state index in [2.05, 4.69) is 20.9 Å². The molecule has 2 aromatic carbocycles. The second-order valence-corrected chi connectivity index (χ2v) is 6.29. The summed E-state index contributed by atoms with van der Waals surface area (Å²) in [5.74, 6) is -0.275. The maximum absolute atomic E-state index is 12.4. The van der Waals surface area contributed by atoms with E-state index in [9.17, 15) is 9.59 Å². The minimum atomic E-state index is -0.275. The van der Waals surface area contributed by atoms with Crippen molar-refractivity contribution in [2.45, 2.75) is 18.9 Å². The first-order valence-corrected chi connectivity index (χ1v) is 8.52. The second-order valence-electron chi connectivity index (χ2n) is 6.29. The zero-order chi connectivity index (χ0) is 17.9. The number of hydrogen-bond donors (Lipinski definition) is 3. The van der Waals surface area contributed by atoms with Crippen LogP contribution in [0.25, 0.3) is 10.9 Å². The fourth-order valence-electron chi connectivity index (χ4n) is 2.60. The van der Waals surface area contributed by atoms with Crippen LogP contribution in [0, 0.1) is 0 Å². The van der Waals surface area contributed by atoms with Crippen LogP contribution in [0.1, 0.15) is 23.3 Å². The molecule has 6 nitrogen and oxygen atoms in total. The number of nitrogens with one attached hydrogen (secondary N) is 3. The molecule has 0 saturated heterocycles. The lowest BCUT2D eigenvalue weighted by molar-refractivity contribution is 0.102. The Balaban J connectivity index is 1.40. The van der Waals surface area contributed by atoms with Gasteiger partial charge in [-0.25, -0.2) is 9.78 Å². The number of rotatable bonds is 4. The Labute approximate surface area is 150 Å². The van der Waals surface area contributed by atoms with Crippen LogP contribution in [-0.4, -0.2) is 23.0 Å². The minimum Gasteiger partial charge on any atom is -0.335 e. The van der Waals surface area contributed by atoms with Crippen molar-refractivity contribution >= 4 is 34.2 Å². The first kappa shape index (κ1) is 16.1. The number of hydrogen-bond acceptors (Lipinski definition) is 3. The molecule has 1 fully saturated rings. The number of pyridine rings is 1. The lowest BCUT2D eigenvalue weighted by Gasteiger charge is -2.09. The first-order valence-electron chi connectivity index (χ1n) is 8.52. The maximum Gasteiger partial charge on any atom is 0.319 e. The Kier molecular flexibility index (Phi) is 4.23. The normalized spacial score (nSPS) is 13.2. The van der Waals surface area contributed by atoms with Crippen molar-refractivity contribution in [1.29, 1.82) is 0 Å². The first-order chi connectivity index (χ1) is 12.7. The Morgan fingerprint density at radius 3 is 2.27 bits per heavy atom. The summed E-state index contributed by atoms with van der Waals surface area (Å²) in [7, 11) is 0. The summed E-state index contributed by atoms with van der Waals surface area (Å²) in [6.07, 6.45) is 2.09. The van der Waals surface area contributed by atoms with Gasteiger partial charge >= 0.3 is 6.03 Å². The van der Waals surface area contributed by atoms with Gasteiger partial charge in [-0.05, 0) is 49.2 Å². The highest BCUT2D eigenvalue weighted by atomic mass is 16.2. The number of fused-ring (bicyclic) bond motifs is 1. The zero-order valence-corrected chi connectivity index (χ0v) is 14.0. The van der Waals surface area contributed by atoms with E-state index >= 15 is 0 Å². The van der Waals surface area contributed by atoms with E-state index in [1.165, 1.54) is 0 Å². The number of para-hydroxylation sites is 1. The van der Waals surface area contributed by atoms with Gasteiger partial charge in [0.15, 0.2) is 0 Å². The molecule has 4 rings (SSSR count). The molecule has 0 atom stereocenters. The van der Waals surface area contributed by atoms with Crippen molar-refractivity contribution in [2.24, 2.45) is 0 Å². The summed E-state index contributed by atoms with van der Waals surface area (Å²) >= 11 is 0. The van der Waals surface area contributed by atoms with Gasteiger partial charge in [-0.3, -0.25) is 4.79 Å². The molecule has 3 aromatic rings. The van der Waals surface area contributed by atoms with E-state index in [0.29, 0.717) is 23.1 Å². The number of anilines is 2. The predicted molar refractivity (Wildman–Crippen MR) is 101 cm³/mol. The van der Waals surface area contributed by atoms with Gasteiger partial charge in [0.1, 0.15) is 5.69 Å². The molecule has 6 heteroatoms. The van der Waals surface area contributed by atoms with Gasteiger partial charge in [0.25, 0.3) is 5.91 Å². The van der Waals surface area contributed by atoms with Gasteiger partial charge < -0.3 is 16.0 Å². The van der Waals surface area contributed by atoms with Gasteiger partial charge in [0.05, 0.1) is 5.52 Å². The predicted octanol–water partition coefficient (Wildman–Crippen LogP) is 3.77. The van der Waals surface area contributed by atoms with Crippen LogP contribution < -0.4 is 16.0 Å². The maximum atomic E-state index is 12.4. The highest BCUT2D eigenvalue weighted by molar-refractivity contribution is 6.04. The Bertz CT molecular complexity index is 965. The molecule has 1 aromatic heterocycles. The third-order valence-corrected chi connectivity index (χ3v) is 4.14. The molecule has 0 spiro atoms. The van der Waals surface area contributed by atoms with Crippen LogP contribution in [0.3, 0.4) is 0 Å². The third-order valence-electron chi connectivity index (χ3n) is 4.14. The van der Waals surface area contributed by atoms with Gasteiger partial charge in [-0.15, -0.1) is 0 Å². The fourth-order valence-corrected chi connectivity index (χ4v) is 2.60. The average molecular weight is 346 g/mol. The van der Waals surface area contributed by atoms with E-state index in [4.69, 9.17) is 0 Å². The van der Waals surface area contributed by atoms with Crippen molar-refractivity contribution < 1.29 is 9.59 Å². The van der Waals surface area contributed by atoms with Crippen LogP contribution in [0.4, 0.5) is 16.2 Å². The molecule has 1 saturated carbocycles. The van der Waals surface area contributed by atoms with Crippen molar-refractivity contribution in [3.63, 3.8) is 0 Å². The lowest BCUT2D eigenvalue weighted by atomic mass is 10.2. The monoisotopic (exact) mass is 346 g/mol. The standard InChI is InChI=1S/C20H18N4O2/c25-19(18-12-5-13-3-1-2-4-17(13)24-18)21-14-6-8-15(9-7-14)22-20(26)23-16-10-11-16/h1-9,12,16H,10-11H2,(H,21,25)(H2,22,23,26). The van der Waals surface area contributed by atoms with Gasteiger partial charge in [0.2, 0.25) is 0 Å². The fraction of sp³-hybridized carbons (Fsp3) is 0.150. The third kappa shape index (κ3) is 3.80. The molecule has 1 aliphatic rings. The number of nitrogens with zero attached hydrogens (tertiary/aromatic N) is 1. The zero-order valence-electron chi connectivity index (χ0n) is 14.0. The van der Waals surface area contributed by atoms with Crippen molar-refractivity contribution in [1.82, 2.24) is 10.3 Å². The van der Waals surface area contributed by atoms with E-state index in [1.807, 2.05) is 30.3 Å².